The molecule has 1 unspecified atom stereocenters. The number of carbonyl (C=O) groups is 1. The molecule has 1 aromatic heterocycles. The topological polar surface area (TPSA) is 73.1 Å². The number of urea groups is 1. The second-order valence-corrected chi connectivity index (χ2v) is 7.28. The first-order valence-corrected chi connectivity index (χ1v) is 8.88. The Labute approximate surface area is 138 Å². The van der Waals surface area contributed by atoms with Crippen molar-refractivity contribution in [2.75, 3.05) is 19.6 Å². The third kappa shape index (κ3) is 3.68. The van der Waals surface area contributed by atoms with Crippen LogP contribution in [0.5, 0.6) is 0 Å². The van der Waals surface area contributed by atoms with Crippen LogP contribution >= 0.6 is 0 Å². The summed E-state index contributed by atoms with van der Waals surface area (Å²) in [5.41, 5.74) is 2.27. The Morgan fingerprint density at radius 2 is 2.26 bits per heavy atom. The molecule has 3 heterocycles. The number of aromatic nitrogens is 2. The quantitative estimate of drug-likeness (QED) is 0.799. The fourth-order valence-corrected chi connectivity index (χ4v) is 3.58. The molecule has 2 amide bonds. The number of amides is 2. The van der Waals surface area contributed by atoms with Crippen molar-refractivity contribution in [1.82, 2.24) is 25.7 Å². The summed E-state index contributed by atoms with van der Waals surface area (Å²) in [7, 11) is 0. The minimum atomic E-state index is 0.0823. The summed E-state index contributed by atoms with van der Waals surface area (Å²) in [6, 6.07) is 2.86. The highest BCUT2D eigenvalue weighted by atomic mass is 16.2. The standard InChI is InChI=1S/C17H29N5O/c1-11(2)15-9-16(21-20-15)13-5-4-8-22(10-13)17(23)19-14-6-7-18-12(14)3/h9,11-14,18H,4-8,10H2,1-3H3,(H,19,23)(H,20,21)/t12-,13?,14+/m0/s1. The van der Waals surface area contributed by atoms with E-state index in [4.69, 9.17) is 0 Å². The molecule has 0 bridgehead atoms. The molecule has 0 radical (unpaired) electrons. The van der Waals surface area contributed by atoms with Gasteiger partial charge in [-0.3, -0.25) is 5.10 Å². The molecule has 23 heavy (non-hydrogen) atoms. The molecule has 0 aromatic carbocycles. The third-order valence-electron chi connectivity index (χ3n) is 5.19. The van der Waals surface area contributed by atoms with E-state index < -0.39 is 0 Å². The van der Waals surface area contributed by atoms with Gasteiger partial charge in [-0.2, -0.15) is 5.10 Å². The van der Waals surface area contributed by atoms with Crippen molar-refractivity contribution in [1.29, 1.82) is 0 Å². The molecule has 3 N–H and O–H groups in total. The van der Waals surface area contributed by atoms with Crippen molar-refractivity contribution in [2.45, 2.75) is 64.0 Å². The number of likely N-dealkylation sites (tertiary alicyclic amines) is 1. The maximum Gasteiger partial charge on any atom is 0.317 e. The van der Waals surface area contributed by atoms with Crippen LogP contribution < -0.4 is 10.6 Å². The van der Waals surface area contributed by atoms with Crippen molar-refractivity contribution < 1.29 is 4.79 Å². The van der Waals surface area contributed by atoms with Crippen LogP contribution in [-0.4, -0.2) is 52.8 Å². The number of rotatable bonds is 3. The number of H-pyrrole nitrogens is 1. The summed E-state index contributed by atoms with van der Waals surface area (Å²) in [6.45, 7) is 9.05. The highest BCUT2D eigenvalue weighted by molar-refractivity contribution is 5.74. The fraction of sp³-hybridized carbons (Fsp3) is 0.765. The predicted octanol–water partition coefficient (Wildman–Crippen LogP) is 2.17. The number of hydrogen-bond donors (Lipinski definition) is 3. The molecule has 0 spiro atoms. The molecule has 0 saturated carbocycles. The second-order valence-electron chi connectivity index (χ2n) is 7.28. The Balaban J connectivity index is 1.59. The van der Waals surface area contributed by atoms with Gasteiger partial charge in [-0.1, -0.05) is 13.8 Å². The van der Waals surface area contributed by atoms with Crippen LogP contribution in [0.1, 0.15) is 63.3 Å². The Morgan fingerprint density at radius 1 is 1.43 bits per heavy atom. The lowest BCUT2D eigenvalue weighted by molar-refractivity contribution is 0.174. The van der Waals surface area contributed by atoms with Crippen molar-refractivity contribution >= 4 is 6.03 Å². The molecule has 0 aliphatic carbocycles. The minimum absolute atomic E-state index is 0.0823. The molecule has 3 atom stereocenters. The highest BCUT2D eigenvalue weighted by Crippen LogP contribution is 2.27. The van der Waals surface area contributed by atoms with Gasteiger partial charge >= 0.3 is 6.03 Å². The Bertz CT molecular complexity index is 541. The largest absolute Gasteiger partial charge is 0.334 e. The van der Waals surface area contributed by atoms with Crippen molar-refractivity contribution in [3.05, 3.63) is 17.5 Å². The Hall–Kier alpha value is -1.56. The maximum absolute atomic E-state index is 12.6. The lowest BCUT2D eigenvalue weighted by Gasteiger charge is -2.33. The number of piperidine rings is 1. The number of hydrogen-bond acceptors (Lipinski definition) is 3. The van der Waals surface area contributed by atoms with Gasteiger partial charge in [0.05, 0.1) is 5.69 Å². The van der Waals surface area contributed by atoms with Crippen molar-refractivity contribution in [3.8, 4) is 0 Å². The number of aromatic amines is 1. The molecule has 6 nitrogen and oxygen atoms in total. The van der Waals surface area contributed by atoms with Gasteiger partial charge in [0.25, 0.3) is 0 Å². The van der Waals surface area contributed by atoms with E-state index in [0.717, 1.165) is 44.6 Å². The minimum Gasteiger partial charge on any atom is -0.334 e. The summed E-state index contributed by atoms with van der Waals surface area (Å²) in [5.74, 6) is 0.799. The van der Waals surface area contributed by atoms with Crippen LogP contribution in [0, 0.1) is 0 Å². The first kappa shape index (κ1) is 16.3. The van der Waals surface area contributed by atoms with Gasteiger partial charge in [-0.15, -0.1) is 0 Å². The lowest BCUT2D eigenvalue weighted by atomic mass is 9.94. The molecule has 2 fully saturated rings. The van der Waals surface area contributed by atoms with Crippen molar-refractivity contribution in [3.63, 3.8) is 0 Å². The first-order valence-electron chi connectivity index (χ1n) is 8.88. The van der Waals surface area contributed by atoms with Gasteiger partial charge in [0.1, 0.15) is 0 Å². The van der Waals surface area contributed by atoms with Crippen molar-refractivity contribution in [2.24, 2.45) is 0 Å². The molecule has 2 aliphatic heterocycles. The predicted molar refractivity (Wildman–Crippen MR) is 90.6 cm³/mol. The van der Waals surface area contributed by atoms with E-state index >= 15 is 0 Å². The lowest BCUT2D eigenvalue weighted by Crippen LogP contribution is -2.50. The average Bonchev–Trinajstić information content (AvgIpc) is 3.17. The molecule has 6 heteroatoms. The van der Waals surface area contributed by atoms with Crippen LogP contribution in [0.2, 0.25) is 0 Å². The van der Waals surface area contributed by atoms with Gasteiger partial charge in [-0.25, -0.2) is 4.79 Å². The first-order chi connectivity index (χ1) is 11.0. The maximum atomic E-state index is 12.6. The fourth-order valence-electron chi connectivity index (χ4n) is 3.58. The average molecular weight is 319 g/mol. The van der Waals surface area contributed by atoms with E-state index in [0.29, 0.717) is 17.9 Å². The zero-order valence-electron chi connectivity index (χ0n) is 14.4. The molecule has 128 valence electrons. The number of carbonyl (C=O) groups excluding carboxylic acids is 1. The SMILES string of the molecule is CC(C)c1cc(C2CCCN(C(=O)N[C@@H]3CCN[C@H]3C)C2)[nH]n1. The van der Waals surface area contributed by atoms with Gasteiger partial charge < -0.3 is 15.5 Å². The van der Waals surface area contributed by atoms with E-state index in [1.807, 2.05) is 4.90 Å². The summed E-state index contributed by atoms with van der Waals surface area (Å²) in [5, 5.41) is 14.2. The molecule has 2 saturated heterocycles. The van der Waals surface area contributed by atoms with Crippen LogP contribution in [0.3, 0.4) is 0 Å². The van der Waals surface area contributed by atoms with Crippen LogP contribution in [-0.2, 0) is 0 Å². The van der Waals surface area contributed by atoms with E-state index in [9.17, 15) is 4.79 Å². The highest BCUT2D eigenvalue weighted by Gasteiger charge is 2.30. The molecule has 3 rings (SSSR count). The number of nitrogens with zero attached hydrogens (tertiary/aromatic N) is 2. The zero-order chi connectivity index (χ0) is 16.4. The monoisotopic (exact) mass is 319 g/mol. The van der Waals surface area contributed by atoms with Gasteiger partial charge in [0, 0.05) is 36.8 Å². The molecular formula is C17H29N5O. The van der Waals surface area contributed by atoms with Gasteiger partial charge in [0.15, 0.2) is 0 Å². The Morgan fingerprint density at radius 3 is 2.91 bits per heavy atom. The van der Waals surface area contributed by atoms with E-state index in [2.05, 4.69) is 47.7 Å². The summed E-state index contributed by atoms with van der Waals surface area (Å²) >= 11 is 0. The zero-order valence-corrected chi connectivity index (χ0v) is 14.4. The summed E-state index contributed by atoms with van der Waals surface area (Å²) in [6.07, 6.45) is 3.18. The Kier molecular flexibility index (Phi) is 4.90. The summed E-state index contributed by atoms with van der Waals surface area (Å²) in [4.78, 5) is 14.5. The smallest absolute Gasteiger partial charge is 0.317 e. The van der Waals surface area contributed by atoms with Crippen LogP contribution in [0.25, 0.3) is 0 Å². The second kappa shape index (κ2) is 6.91. The molecule has 1 aromatic rings. The van der Waals surface area contributed by atoms with E-state index in [1.165, 1.54) is 5.69 Å². The van der Waals surface area contributed by atoms with E-state index in [-0.39, 0.29) is 12.1 Å². The van der Waals surface area contributed by atoms with Crippen LogP contribution in [0.4, 0.5) is 4.79 Å². The summed E-state index contributed by atoms with van der Waals surface area (Å²) < 4.78 is 0. The van der Waals surface area contributed by atoms with Gasteiger partial charge in [-0.05, 0) is 44.7 Å². The van der Waals surface area contributed by atoms with E-state index in [1.54, 1.807) is 0 Å². The third-order valence-corrected chi connectivity index (χ3v) is 5.19. The van der Waals surface area contributed by atoms with Gasteiger partial charge in [0.2, 0.25) is 0 Å². The molecule has 2 aliphatic rings. The number of nitrogens with one attached hydrogen (secondary N) is 3. The van der Waals surface area contributed by atoms with Crippen LogP contribution in [0.15, 0.2) is 6.07 Å². The normalized spacial score (nSPS) is 28.3. The molecular weight excluding hydrogens is 290 g/mol.